The molecule has 0 aliphatic heterocycles. The van der Waals surface area contributed by atoms with Crippen molar-refractivity contribution in [3.05, 3.63) is 34.7 Å². The Morgan fingerprint density at radius 1 is 1.48 bits per heavy atom. The van der Waals surface area contributed by atoms with E-state index in [0.29, 0.717) is 0 Å². The Morgan fingerprint density at radius 2 is 2.14 bits per heavy atom. The third kappa shape index (κ3) is 5.23. The number of amides is 2. The first-order valence-corrected chi connectivity index (χ1v) is 7.66. The highest BCUT2D eigenvalue weighted by molar-refractivity contribution is 7.07. The third-order valence-corrected chi connectivity index (χ3v) is 3.70. The predicted molar refractivity (Wildman–Crippen MR) is 84.4 cm³/mol. The second-order valence-electron chi connectivity index (χ2n) is 5.75. The number of carbonyl (C=O) groups is 2. The van der Waals surface area contributed by atoms with Gasteiger partial charge in [0.25, 0.3) is 0 Å². The van der Waals surface area contributed by atoms with E-state index in [1.807, 2.05) is 22.9 Å². The summed E-state index contributed by atoms with van der Waals surface area (Å²) in [5.41, 5.74) is 0.545. The fraction of sp³-hybridized carbons (Fsp3) is 0.467. The van der Waals surface area contributed by atoms with E-state index in [2.05, 4.69) is 5.32 Å². The molecule has 1 heterocycles. The van der Waals surface area contributed by atoms with Crippen molar-refractivity contribution in [2.45, 2.75) is 45.7 Å². The van der Waals surface area contributed by atoms with Gasteiger partial charge in [-0.05, 0) is 56.5 Å². The lowest BCUT2D eigenvalue weighted by molar-refractivity contribution is -0.125. The number of rotatable bonds is 5. The van der Waals surface area contributed by atoms with Gasteiger partial charge in [0, 0.05) is 11.7 Å². The van der Waals surface area contributed by atoms with Crippen molar-refractivity contribution in [3.63, 3.8) is 0 Å². The van der Waals surface area contributed by atoms with Gasteiger partial charge in [0.2, 0.25) is 5.91 Å². The molecule has 1 aromatic heterocycles. The summed E-state index contributed by atoms with van der Waals surface area (Å²) in [6, 6.07) is 1.26. The van der Waals surface area contributed by atoms with Gasteiger partial charge in [0.1, 0.15) is 6.04 Å². The van der Waals surface area contributed by atoms with Crippen LogP contribution < -0.4 is 5.32 Å². The highest BCUT2D eigenvalue weighted by Crippen LogP contribution is 2.17. The Morgan fingerprint density at radius 3 is 2.62 bits per heavy atom. The fourth-order valence-electron chi connectivity index (χ4n) is 2.02. The van der Waals surface area contributed by atoms with Crippen molar-refractivity contribution >= 4 is 23.3 Å². The Kier molecular flexibility index (Phi) is 5.96. The number of nitrogens with one attached hydrogen (secondary N) is 1. The van der Waals surface area contributed by atoms with Crippen LogP contribution in [-0.2, 0) is 11.2 Å². The second kappa shape index (κ2) is 7.26. The van der Waals surface area contributed by atoms with E-state index in [9.17, 15) is 14.7 Å². The van der Waals surface area contributed by atoms with Crippen LogP contribution in [0.25, 0.3) is 0 Å². The number of hydrogen-bond donors (Lipinski definition) is 2. The highest BCUT2D eigenvalue weighted by atomic mass is 32.1. The highest BCUT2D eigenvalue weighted by Gasteiger charge is 2.34. The number of allylic oxidation sites excluding steroid dienone is 1. The first-order valence-electron chi connectivity index (χ1n) is 6.72. The number of nitrogens with zero attached hydrogens (tertiary/aromatic N) is 1. The maximum Gasteiger partial charge on any atom is 0.408 e. The third-order valence-electron chi connectivity index (χ3n) is 2.97. The van der Waals surface area contributed by atoms with E-state index in [1.54, 1.807) is 45.2 Å². The largest absolute Gasteiger partial charge is 0.465 e. The van der Waals surface area contributed by atoms with Gasteiger partial charge in [0.05, 0.1) is 0 Å². The molecule has 21 heavy (non-hydrogen) atoms. The van der Waals surface area contributed by atoms with Crippen LogP contribution in [-0.4, -0.2) is 33.6 Å². The first-order chi connectivity index (χ1) is 9.73. The molecular weight excluding hydrogens is 288 g/mol. The maximum absolute atomic E-state index is 12.0. The normalized spacial score (nSPS) is 13.1. The zero-order valence-corrected chi connectivity index (χ0v) is 13.6. The van der Waals surface area contributed by atoms with Gasteiger partial charge >= 0.3 is 6.09 Å². The summed E-state index contributed by atoms with van der Waals surface area (Å²) < 4.78 is 0. The Hall–Kier alpha value is -1.82. The van der Waals surface area contributed by atoms with Crippen molar-refractivity contribution in [2.24, 2.45) is 0 Å². The number of hydrogen-bond acceptors (Lipinski definition) is 3. The Labute approximate surface area is 129 Å². The van der Waals surface area contributed by atoms with Crippen LogP contribution >= 0.6 is 11.3 Å². The van der Waals surface area contributed by atoms with Crippen LogP contribution in [0.3, 0.4) is 0 Å². The summed E-state index contributed by atoms with van der Waals surface area (Å²) in [6.45, 7) is 6.87. The van der Waals surface area contributed by atoms with Gasteiger partial charge in [-0.1, -0.05) is 6.08 Å². The lowest BCUT2D eigenvalue weighted by Gasteiger charge is -2.36. The predicted octanol–water partition coefficient (Wildman–Crippen LogP) is 3.09. The van der Waals surface area contributed by atoms with Gasteiger partial charge in [-0.2, -0.15) is 11.3 Å². The molecule has 0 aromatic carbocycles. The van der Waals surface area contributed by atoms with E-state index >= 15 is 0 Å². The van der Waals surface area contributed by atoms with Crippen molar-refractivity contribution in [1.82, 2.24) is 10.2 Å². The topological polar surface area (TPSA) is 69.6 Å². The molecule has 2 amide bonds. The van der Waals surface area contributed by atoms with E-state index < -0.39 is 17.7 Å². The van der Waals surface area contributed by atoms with E-state index in [0.717, 1.165) is 11.3 Å². The SMILES string of the molecule is C[C@H](C(=O)NC=CCc1ccsc1)N(C(=O)O)C(C)(C)C. The molecule has 0 bridgehead atoms. The molecule has 0 aliphatic rings. The molecule has 1 atom stereocenters. The van der Waals surface area contributed by atoms with Gasteiger partial charge in [-0.3, -0.25) is 9.69 Å². The monoisotopic (exact) mass is 310 g/mol. The zero-order chi connectivity index (χ0) is 16.0. The van der Waals surface area contributed by atoms with Crippen LogP contribution in [0.15, 0.2) is 29.1 Å². The zero-order valence-electron chi connectivity index (χ0n) is 12.8. The average Bonchev–Trinajstić information content (AvgIpc) is 2.85. The summed E-state index contributed by atoms with van der Waals surface area (Å²) in [5.74, 6) is -0.339. The van der Waals surface area contributed by atoms with E-state index in [1.165, 1.54) is 5.56 Å². The minimum atomic E-state index is -1.10. The quantitative estimate of drug-likeness (QED) is 0.878. The van der Waals surface area contributed by atoms with Gasteiger partial charge in [-0.15, -0.1) is 0 Å². The molecule has 116 valence electrons. The summed E-state index contributed by atoms with van der Waals surface area (Å²) in [7, 11) is 0. The lowest BCUT2D eigenvalue weighted by Crippen LogP contribution is -2.54. The molecular formula is C15H22N2O3S. The molecule has 0 spiro atoms. The Balaban J connectivity index is 2.57. The molecule has 0 fully saturated rings. The smallest absolute Gasteiger partial charge is 0.408 e. The minimum Gasteiger partial charge on any atom is -0.465 e. The van der Waals surface area contributed by atoms with Crippen molar-refractivity contribution in [3.8, 4) is 0 Å². The van der Waals surface area contributed by atoms with Crippen molar-refractivity contribution in [2.75, 3.05) is 0 Å². The molecule has 0 aliphatic carbocycles. The van der Waals surface area contributed by atoms with Crippen molar-refractivity contribution in [1.29, 1.82) is 0 Å². The maximum atomic E-state index is 12.0. The number of carboxylic acid groups (broad SMARTS) is 1. The molecule has 2 N–H and O–H groups in total. The summed E-state index contributed by atoms with van der Waals surface area (Å²) in [5, 5.41) is 15.9. The lowest BCUT2D eigenvalue weighted by atomic mass is 10.0. The molecule has 1 rings (SSSR count). The van der Waals surface area contributed by atoms with Crippen LogP contribution in [0, 0.1) is 0 Å². The molecule has 0 saturated heterocycles. The van der Waals surface area contributed by atoms with E-state index in [-0.39, 0.29) is 5.91 Å². The molecule has 0 saturated carbocycles. The van der Waals surface area contributed by atoms with Gasteiger partial charge in [-0.25, -0.2) is 4.79 Å². The molecule has 1 aromatic rings. The van der Waals surface area contributed by atoms with Crippen LogP contribution in [0.2, 0.25) is 0 Å². The van der Waals surface area contributed by atoms with Gasteiger partial charge < -0.3 is 10.4 Å². The van der Waals surface area contributed by atoms with Crippen LogP contribution in [0.4, 0.5) is 4.79 Å². The second-order valence-corrected chi connectivity index (χ2v) is 6.53. The molecule has 0 radical (unpaired) electrons. The average molecular weight is 310 g/mol. The minimum absolute atomic E-state index is 0.339. The molecule has 5 nitrogen and oxygen atoms in total. The van der Waals surface area contributed by atoms with E-state index in [4.69, 9.17) is 0 Å². The van der Waals surface area contributed by atoms with Gasteiger partial charge in [0.15, 0.2) is 0 Å². The van der Waals surface area contributed by atoms with Crippen LogP contribution in [0.1, 0.15) is 33.3 Å². The number of carbonyl (C=O) groups excluding carboxylic acids is 1. The first kappa shape index (κ1) is 17.2. The molecule has 6 heteroatoms. The molecule has 0 unspecified atom stereocenters. The fourth-order valence-corrected chi connectivity index (χ4v) is 2.70. The Bertz CT molecular complexity index is 503. The standard InChI is InChI=1S/C15H22N2O3S/c1-11(17(14(19)20)15(2,3)4)13(18)16-8-5-6-12-7-9-21-10-12/h5,7-11H,6H2,1-4H3,(H,16,18)(H,19,20)/t11-/m1/s1. The van der Waals surface area contributed by atoms with Crippen molar-refractivity contribution < 1.29 is 14.7 Å². The summed E-state index contributed by atoms with van der Waals surface area (Å²) >= 11 is 1.63. The summed E-state index contributed by atoms with van der Waals surface area (Å²) in [6.07, 6.45) is 3.04. The summed E-state index contributed by atoms with van der Waals surface area (Å²) in [4.78, 5) is 24.5. The number of thiophene rings is 1. The van der Waals surface area contributed by atoms with Crippen LogP contribution in [0.5, 0.6) is 0 Å².